The molecule has 6 heteroatoms. The Kier molecular flexibility index (Phi) is 3.69. The molecule has 0 aliphatic carbocycles. The molecule has 82 valence electrons. The van der Waals surface area contributed by atoms with Crippen molar-refractivity contribution in [3.05, 3.63) is 0 Å². The molecule has 0 aromatic heterocycles. The number of thioether (sulfide) groups is 1. The summed E-state index contributed by atoms with van der Waals surface area (Å²) < 4.78 is 35.7. The van der Waals surface area contributed by atoms with Gasteiger partial charge in [0, 0.05) is 18.8 Å². The van der Waals surface area contributed by atoms with Gasteiger partial charge in [-0.25, -0.2) is 0 Å². The lowest BCUT2D eigenvalue weighted by Crippen LogP contribution is -2.39. The zero-order valence-corrected chi connectivity index (χ0v) is 8.62. The van der Waals surface area contributed by atoms with Gasteiger partial charge in [-0.2, -0.15) is 24.9 Å². The lowest BCUT2D eigenvalue weighted by Gasteiger charge is -2.24. The molecule has 1 fully saturated rings. The second-order valence-electron chi connectivity index (χ2n) is 3.31. The quantitative estimate of drug-likeness (QED) is 0.718. The van der Waals surface area contributed by atoms with Gasteiger partial charge < -0.3 is 4.90 Å². The molecule has 1 heterocycles. The van der Waals surface area contributed by atoms with E-state index < -0.39 is 18.5 Å². The maximum absolute atomic E-state index is 11.9. The van der Waals surface area contributed by atoms with Gasteiger partial charge in [-0.3, -0.25) is 4.79 Å². The summed E-state index contributed by atoms with van der Waals surface area (Å²) in [4.78, 5) is 12.4. The summed E-state index contributed by atoms with van der Waals surface area (Å²) in [6.07, 6.45) is -4.94. The highest BCUT2D eigenvalue weighted by Gasteiger charge is 2.34. The van der Waals surface area contributed by atoms with Crippen LogP contribution < -0.4 is 0 Å². The van der Waals surface area contributed by atoms with E-state index in [0.29, 0.717) is 0 Å². The van der Waals surface area contributed by atoms with Gasteiger partial charge in [-0.05, 0) is 12.2 Å². The Labute approximate surface area is 84.8 Å². The summed E-state index contributed by atoms with van der Waals surface area (Å²) in [5.74, 6) is 0.846. The number of alkyl halides is 3. The third-order valence-electron chi connectivity index (χ3n) is 2.20. The van der Waals surface area contributed by atoms with Crippen molar-refractivity contribution in [2.75, 3.05) is 18.6 Å². The Morgan fingerprint density at radius 3 is 2.64 bits per heavy atom. The maximum Gasteiger partial charge on any atom is 0.397 e. The molecule has 0 aromatic rings. The third-order valence-corrected chi connectivity index (χ3v) is 3.34. The van der Waals surface area contributed by atoms with Crippen LogP contribution in [0.4, 0.5) is 13.2 Å². The van der Waals surface area contributed by atoms with Gasteiger partial charge in [-0.15, -0.1) is 0 Å². The van der Waals surface area contributed by atoms with E-state index in [4.69, 9.17) is 0 Å². The molecular weight excluding hydrogens is 215 g/mol. The first-order valence-electron chi connectivity index (χ1n) is 4.30. The third kappa shape index (κ3) is 3.40. The zero-order valence-electron chi connectivity index (χ0n) is 7.80. The number of nitrogens with zero attached hydrogens (tertiary/aromatic N) is 1. The first-order chi connectivity index (χ1) is 6.40. The summed E-state index contributed by atoms with van der Waals surface area (Å²) in [7, 11) is 1.45. The summed E-state index contributed by atoms with van der Waals surface area (Å²) in [6.45, 7) is 0. The Morgan fingerprint density at radius 1 is 1.57 bits per heavy atom. The topological polar surface area (TPSA) is 20.3 Å². The molecule has 1 aliphatic rings. The summed E-state index contributed by atoms with van der Waals surface area (Å²) in [6, 6.07) is -0.0187. The molecule has 1 rings (SSSR count). The van der Waals surface area contributed by atoms with Crippen molar-refractivity contribution in [2.45, 2.75) is 25.1 Å². The van der Waals surface area contributed by atoms with E-state index in [1.165, 1.54) is 11.9 Å². The molecule has 2 nitrogen and oxygen atoms in total. The summed E-state index contributed by atoms with van der Waals surface area (Å²) in [5.41, 5.74) is 0. The highest BCUT2D eigenvalue weighted by molar-refractivity contribution is 7.99. The predicted octanol–water partition coefficient (Wildman–Crippen LogP) is 1.90. The molecule has 0 radical (unpaired) electrons. The first kappa shape index (κ1) is 11.7. The minimum Gasteiger partial charge on any atom is -0.342 e. The predicted molar refractivity (Wildman–Crippen MR) is 49.2 cm³/mol. The van der Waals surface area contributed by atoms with E-state index in [9.17, 15) is 18.0 Å². The van der Waals surface area contributed by atoms with E-state index in [0.717, 1.165) is 17.9 Å². The van der Waals surface area contributed by atoms with Crippen LogP contribution in [-0.4, -0.2) is 41.6 Å². The Bertz CT molecular complexity index is 213. The fourth-order valence-electron chi connectivity index (χ4n) is 1.33. The van der Waals surface area contributed by atoms with E-state index in [2.05, 4.69) is 0 Å². The monoisotopic (exact) mass is 227 g/mol. The minimum atomic E-state index is -4.39. The highest BCUT2D eigenvalue weighted by atomic mass is 32.2. The number of rotatable bonds is 2. The molecular formula is C8H12F3NOS. The molecule has 0 spiro atoms. The fourth-order valence-corrected chi connectivity index (χ4v) is 2.60. The second kappa shape index (κ2) is 4.42. The van der Waals surface area contributed by atoms with Crippen LogP contribution in [0.3, 0.4) is 0 Å². The normalized spacial score (nSPS) is 22.4. The lowest BCUT2D eigenvalue weighted by molar-refractivity contribution is -0.161. The van der Waals surface area contributed by atoms with Gasteiger partial charge in [0.2, 0.25) is 5.91 Å². The zero-order chi connectivity index (χ0) is 10.8. The molecule has 0 unspecified atom stereocenters. The number of hydrogen-bond acceptors (Lipinski definition) is 2. The second-order valence-corrected chi connectivity index (χ2v) is 4.46. The molecule has 14 heavy (non-hydrogen) atoms. The van der Waals surface area contributed by atoms with Crippen LogP contribution in [0.2, 0.25) is 0 Å². The Hall–Kier alpha value is -0.390. The van der Waals surface area contributed by atoms with Gasteiger partial charge >= 0.3 is 6.18 Å². The van der Waals surface area contributed by atoms with Crippen LogP contribution in [0, 0.1) is 0 Å². The van der Waals surface area contributed by atoms with Crippen LogP contribution in [0.25, 0.3) is 0 Å². The summed E-state index contributed by atoms with van der Waals surface area (Å²) >= 11 is 1.67. The minimum absolute atomic E-state index is 0.0187. The smallest absolute Gasteiger partial charge is 0.342 e. The summed E-state index contributed by atoms with van der Waals surface area (Å²) in [5, 5.41) is 0. The number of carbonyl (C=O) groups excluding carboxylic acids is 1. The van der Waals surface area contributed by atoms with Crippen molar-refractivity contribution >= 4 is 17.7 Å². The molecule has 1 aliphatic heterocycles. The van der Waals surface area contributed by atoms with Crippen molar-refractivity contribution < 1.29 is 18.0 Å². The molecule has 1 saturated heterocycles. The van der Waals surface area contributed by atoms with E-state index in [-0.39, 0.29) is 6.04 Å². The van der Waals surface area contributed by atoms with Gasteiger partial charge in [0.25, 0.3) is 0 Å². The van der Waals surface area contributed by atoms with Gasteiger partial charge in [0.05, 0.1) is 0 Å². The SMILES string of the molecule is CN(C(=O)CC(F)(F)F)[C@H]1CCSC1. The van der Waals surface area contributed by atoms with Crippen molar-refractivity contribution in [3.8, 4) is 0 Å². The number of halogens is 3. The average Bonchev–Trinajstić information content (AvgIpc) is 2.51. The number of carbonyl (C=O) groups is 1. The first-order valence-corrected chi connectivity index (χ1v) is 5.46. The average molecular weight is 227 g/mol. The highest BCUT2D eigenvalue weighted by Crippen LogP contribution is 2.25. The van der Waals surface area contributed by atoms with Gasteiger partial charge in [0.1, 0.15) is 6.42 Å². The van der Waals surface area contributed by atoms with Crippen LogP contribution in [-0.2, 0) is 4.79 Å². The Balaban J connectivity index is 2.43. The van der Waals surface area contributed by atoms with Gasteiger partial charge in [0.15, 0.2) is 0 Å². The van der Waals surface area contributed by atoms with Crippen molar-refractivity contribution in [1.82, 2.24) is 4.90 Å². The largest absolute Gasteiger partial charge is 0.397 e. The number of amides is 1. The lowest BCUT2D eigenvalue weighted by atomic mass is 10.2. The molecule has 1 atom stereocenters. The number of hydrogen-bond donors (Lipinski definition) is 0. The Morgan fingerprint density at radius 2 is 2.21 bits per heavy atom. The standard InChI is InChI=1S/C8H12F3NOS/c1-12(6-2-3-14-5-6)7(13)4-8(9,10)11/h6H,2-5H2,1H3/t6-/m0/s1. The van der Waals surface area contributed by atoms with Crippen LogP contribution in [0.5, 0.6) is 0 Å². The maximum atomic E-state index is 11.9. The van der Waals surface area contributed by atoms with E-state index >= 15 is 0 Å². The van der Waals surface area contributed by atoms with E-state index in [1.54, 1.807) is 11.8 Å². The molecule has 0 aromatic carbocycles. The van der Waals surface area contributed by atoms with Crippen molar-refractivity contribution in [3.63, 3.8) is 0 Å². The molecule has 0 N–H and O–H groups in total. The van der Waals surface area contributed by atoms with Crippen molar-refractivity contribution in [1.29, 1.82) is 0 Å². The molecule has 0 bridgehead atoms. The van der Waals surface area contributed by atoms with Crippen LogP contribution in [0.1, 0.15) is 12.8 Å². The molecule has 1 amide bonds. The fraction of sp³-hybridized carbons (Fsp3) is 0.875. The molecule has 0 saturated carbocycles. The van der Waals surface area contributed by atoms with Crippen LogP contribution in [0.15, 0.2) is 0 Å². The van der Waals surface area contributed by atoms with Crippen molar-refractivity contribution in [2.24, 2.45) is 0 Å². The van der Waals surface area contributed by atoms with Gasteiger partial charge in [-0.1, -0.05) is 0 Å². The van der Waals surface area contributed by atoms with Crippen LogP contribution >= 0.6 is 11.8 Å². The van der Waals surface area contributed by atoms with E-state index in [1.807, 2.05) is 0 Å².